The lowest BCUT2D eigenvalue weighted by Gasteiger charge is -2.08. The molecule has 1 aromatic rings. The van der Waals surface area contributed by atoms with Crippen molar-refractivity contribution in [3.8, 4) is 0 Å². The van der Waals surface area contributed by atoms with Crippen LogP contribution in [0.15, 0.2) is 36.4 Å². The van der Waals surface area contributed by atoms with Crippen molar-refractivity contribution in [2.24, 2.45) is 0 Å². The smallest absolute Gasteiger partial charge is 0.00588 e. The molecule has 0 aromatic heterocycles. The number of benzene rings is 1. The number of rotatable bonds is 3. The van der Waals surface area contributed by atoms with E-state index in [0.717, 1.165) is 6.04 Å². The molecule has 1 nitrogen and oxygen atoms in total. The van der Waals surface area contributed by atoms with Gasteiger partial charge in [-0.1, -0.05) is 50.2 Å². The molecule has 0 heterocycles. The van der Waals surface area contributed by atoms with Crippen LogP contribution in [0.3, 0.4) is 0 Å². The van der Waals surface area contributed by atoms with Crippen molar-refractivity contribution in [1.82, 2.24) is 5.32 Å². The minimum atomic E-state index is 0.736. The SMILES string of the molecule is CCC(CC)NC.c1ccccc1. The predicted octanol–water partition coefficient (Wildman–Crippen LogP) is 3.08. The molecule has 0 unspecified atom stereocenters. The second-order valence-electron chi connectivity index (χ2n) is 2.96. The summed E-state index contributed by atoms with van der Waals surface area (Å²) in [7, 11) is 2.01. The molecule has 1 aromatic carbocycles. The van der Waals surface area contributed by atoms with Gasteiger partial charge in [-0.25, -0.2) is 0 Å². The Kier molecular flexibility index (Phi) is 8.68. The van der Waals surface area contributed by atoms with Gasteiger partial charge >= 0.3 is 0 Å². The minimum Gasteiger partial charge on any atom is -0.317 e. The van der Waals surface area contributed by atoms with Crippen LogP contribution in [0.5, 0.6) is 0 Å². The monoisotopic (exact) mass is 179 g/mol. The van der Waals surface area contributed by atoms with E-state index in [0.29, 0.717) is 0 Å². The first-order chi connectivity index (χ1) is 6.35. The van der Waals surface area contributed by atoms with Gasteiger partial charge in [-0.05, 0) is 19.9 Å². The van der Waals surface area contributed by atoms with Crippen molar-refractivity contribution in [3.05, 3.63) is 36.4 Å². The van der Waals surface area contributed by atoms with Crippen molar-refractivity contribution in [2.75, 3.05) is 7.05 Å². The quantitative estimate of drug-likeness (QED) is 0.752. The van der Waals surface area contributed by atoms with Gasteiger partial charge in [0.15, 0.2) is 0 Å². The molecule has 1 N–H and O–H groups in total. The summed E-state index contributed by atoms with van der Waals surface area (Å²) in [6, 6.07) is 12.7. The lowest BCUT2D eigenvalue weighted by molar-refractivity contribution is 0.531. The van der Waals surface area contributed by atoms with Crippen molar-refractivity contribution in [3.63, 3.8) is 0 Å². The molecule has 1 heteroatoms. The third-order valence-corrected chi connectivity index (χ3v) is 2.06. The fourth-order valence-corrected chi connectivity index (χ4v) is 1.08. The zero-order chi connectivity index (χ0) is 9.94. The van der Waals surface area contributed by atoms with E-state index in [-0.39, 0.29) is 0 Å². The van der Waals surface area contributed by atoms with E-state index >= 15 is 0 Å². The molecule has 13 heavy (non-hydrogen) atoms. The summed E-state index contributed by atoms with van der Waals surface area (Å²) in [5, 5.41) is 3.20. The van der Waals surface area contributed by atoms with E-state index in [1.54, 1.807) is 0 Å². The van der Waals surface area contributed by atoms with Gasteiger partial charge in [0.2, 0.25) is 0 Å². The van der Waals surface area contributed by atoms with Gasteiger partial charge in [0.25, 0.3) is 0 Å². The molecular formula is C12H21N. The fraction of sp³-hybridized carbons (Fsp3) is 0.500. The molecule has 0 bridgehead atoms. The summed E-state index contributed by atoms with van der Waals surface area (Å²) in [5.41, 5.74) is 0. The van der Waals surface area contributed by atoms with Crippen LogP contribution < -0.4 is 5.32 Å². The molecule has 0 aliphatic carbocycles. The van der Waals surface area contributed by atoms with E-state index in [1.165, 1.54) is 12.8 Å². The van der Waals surface area contributed by atoms with E-state index in [2.05, 4.69) is 19.2 Å². The van der Waals surface area contributed by atoms with Gasteiger partial charge in [-0.3, -0.25) is 0 Å². The van der Waals surface area contributed by atoms with Crippen LogP contribution in [0.25, 0.3) is 0 Å². The largest absolute Gasteiger partial charge is 0.317 e. The van der Waals surface area contributed by atoms with Gasteiger partial charge in [-0.15, -0.1) is 0 Å². The lowest BCUT2D eigenvalue weighted by Crippen LogP contribution is -2.22. The molecule has 1 rings (SSSR count). The summed E-state index contributed by atoms with van der Waals surface area (Å²) in [5.74, 6) is 0. The van der Waals surface area contributed by atoms with Crippen LogP contribution in [0.1, 0.15) is 26.7 Å². The molecular weight excluding hydrogens is 158 g/mol. The van der Waals surface area contributed by atoms with Crippen LogP contribution >= 0.6 is 0 Å². The van der Waals surface area contributed by atoms with Crippen LogP contribution in [0.2, 0.25) is 0 Å². The topological polar surface area (TPSA) is 12.0 Å². The predicted molar refractivity (Wildman–Crippen MR) is 59.9 cm³/mol. The van der Waals surface area contributed by atoms with Crippen molar-refractivity contribution in [1.29, 1.82) is 0 Å². The Morgan fingerprint density at radius 1 is 0.846 bits per heavy atom. The maximum absolute atomic E-state index is 3.20. The highest BCUT2D eigenvalue weighted by Gasteiger charge is 1.94. The Morgan fingerprint density at radius 3 is 1.23 bits per heavy atom. The van der Waals surface area contributed by atoms with Crippen LogP contribution in [0.4, 0.5) is 0 Å². The Bertz CT molecular complexity index is 136. The molecule has 0 saturated heterocycles. The van der Waals surface area contributed by atoms with E-state index in [4.69, 9.17) is 0 Å². The Balaban J connectivity index is 0.000000223. The maximum atomic E-state index is 3.20. The minimum absolute atomic E-state index is 0.736. The summed E-state index contributed by atoms with van der Waals surface area (Å²) >= 11 is 0. The molecule has 0 aliphatic rings. The van der Waals surface area contributed by atoms with E-state index in [1.807, 2.05) is 43.4 Å². The first-order valence-corrected chi connectivity index (χ1v) is 5.02. The molecule has 0 atom stereocenters. The molecule has 0 amide bonds. The molecule has 74 valence electrons. The molecule has 0 spiro atoms. The third kappa shape index (κ3) is 7.54. The van der Waals surface area contributed by atoms with E-state index < -0.39 is 0 Å². The summed E-state index contributed by atoms with van der Waals surface area (Å²) in [4.78, 5) is 0. The maximum Gasteiger partial charge on any atom is 0.00588 e. The zero-order valence-electron chi connectivity index (χ0n) is 8.96. The van der Waals surface area contributed by atoms with Crippen molar-refractivity contribution in [2.45, 2.75) is 32.7 Å². The van der Waals surface area contributed by atoms with Gasteiger partial charge in [0.1, 0.15) is 0 Å². The Hall–Kier alpha value is -0.820. The molecule has 0 aliphatic heterocycles. The average Bonchev–Trinajstić information content (AvgIpc) is 2.24. The van der Waals surface area contributed by atoms with Gasteiger partial charge in [0.05, 0.1) is 0 Å². The number of hydrogen-bond donors (Lipinski definition) is 1. The normalized spacial score (nSPS) is 9.23. The highest BCUT2D eigenvalue weighted by molar-refractivity contribution is 4.99. The zero-order valence-corrected chi connectivity index (χ0v) is 8.96. The first kappa shape index (κ1) is 12.2. The molecule has 0 saturated carbocycles. The van der Waals surface area contributed by atoms with Crippen LogP contribution in [-0.4, -0.2) is 13.1 Å². The van der Waals surface area contributed by atoms with Crippen molar-refractivity contribution >= 4 is 0 Å². The molecule has 0 fully saturated rings. The summed E-state index contributed by atoms with van der Waals surface area (Å²) in [6.07, 6.45) is 2.49. The third-order valence-electron chi connectivity index (χ3n) is 2.06. The van der Waals surface area contributed by atoms with Gasteiger partial charge < -0.3 is 5.32 Å². The van der Waals surface area contributed by atoms with Gasteiger partial charge in [-0.2, -0.15) is 0 Å². The fourth-order valence-electron chi connectivity index (χ4n) is 1.08. The average molecular weight is 179 g/mol. The lowest BCUT2D eigenvalue weighted by atomic mass is 10.2. The summed E-state index contributed by atoms with van der Waals surface area (Å²) < 4.78 is 0. The second-order valence-corrected chi connectivity index (χ2v) is 2.96. The second kappa shape index (κ2) is 9.27. The highest BCUT2D eigenvalue weighted by atomic mass is 14.9. The Labute approximate surface area is 82.2 Å². The van der Waals surface area contributed by atoms with Crippen LogP contribution in [-0.2, 0) is 0 Å². The van der Waals surface area contributed by atoms with Gasteiger partial charge in [0, 0.05) is 6.04 Å². The van der Waals surface area contributed by atoms with Crippen LogP contribution in [0, 0.1) is 0 Å². The standard InChI is InChI=1S/C6H15N.C6H6/c1-4-6(5-2)7-3;1-2-4-6-5-3-1/h6-7H,4-5H2,1-3H3;1-6H. The van der Waals surface area contributed by atoms with Crippen molar-refractivity contribution < 1.29 is 0 Å². The number of nitrogens with one attached hydrogen (secondary N) is 1. The first-order valence-electron chi connectivity index (χ1n) is 5.02. The van der Waals surface area contributed by atoms with E-state index in [9.17, 15) is 0 Å². The highest BCUT2D eigenvalue weighted by Crippen LogP contribution is 1.92. The summed E-state index contributed by atoms with van der Waals surface area (Å²) in [6.45, 7) is 4.40. The number of hydrogen-bond acceptors (Lipinski definition) is 1. The molecule has 0 radical (unpaired) electrons. The Morgan fingerprint density at radius 2 is 1.15 bits per heavy atom.